The molecule has 0 aliphatic rings. The van der Waals surface area contributed by atoms with Gasteiger partial charge in [-0.25, -0.2) is 0 Å². The highest BCUT2D eigenvalue weighted by molar-refractivity contribution is 5.13. The largest absolute Gasteiger partial charge is 0.300 e. The summed E-state index contributed by atoms with van der Waals surface area (Å²) >= 11 is 0. The second-order valence-corrected chi connectivity index (χ2v) is 2.87. The van der Waals surface area contributed by atoms with Gasteiger partial charge in [0.15, 0.2) is 0 Å². The third-order valence-corrected chi connectivity index (χ3v) is 2.07. The Balaban J connectivity index is 2.51. The van der Waals surface area contributed by atoms with E-state index in [2.05, 4.69) is 36.9 Å². The zero-order valence-electron chi connectivity index (χ0n) is 7.88. The fraction of sp³-hybridized carbons (Fsp3) is 0.455. The highest BCUT2D eigenvalue weighted by Gasteiger charge is 1.98. The molecule has 1 heteroatoms. The first-order chi connectivity index (χ1) is 5.86. The third-order valence-electron chi connectivity index (χ3n) is 2.07. The topological polar surface area (TPSA) is 3.24 Å². The molecule has 0 N–H and O–H groups in total. The minimum atomic E-state index is 1.05. The van der Waals surface area contributed by atoms with Gasteiger partial charge in [0, 0.05) is 6.54 Å². The molecule has 0 fully saturated rings. The van der Waals surface area contributed by atoms with E-state index in [1.807, 2.05) is 12.1 Å². The summed E-state index contributed by atoms with van der Waals surface area (Å²) in [6.07, 6.45) is 0. The molecule has 0 heterocycles. The van der Waals surface area contributed by atoms with Crippen molar-refractivity contribution in [1.29, 1.82) is 0 Å². The van der Waals surface area contributed by atoms with Gasteiger partial charge in [-0.15, -0.1) is 0 Å². The fourth-order valence-electron chi connectivity index (χ4n) is 1.23. The van der Waals surface area contributed by atoms with Gasteiger partial charge in [0.05, 0.1) is 0 Å². The third kappa shape index (κ3) is 2.67. The Morgan fingerprint density at radius 3 is 2.58 bits per heavy atom. The van der Waals surface area contributed by atoms with Crippen LogP contribution in [0.5, 0.6) is 0 Å². The van der Waals surface area contributed by atoms with Crippen molar-refractivity contribution in [3.63, 3.8) is 0 Å². The van der Waals surface area contributed by atoms with Gasteiger partial charge in [-0.3, -0.25) is 4.90 Å². The molecule has 1 radical (unpaired) electrons. The predicted octanol–water partition coefficient (Wildman–Crippen LogP) is 2.33. The molecule has 0 aliphatic carbocycles. The Morgan fingerprint density at radius 1 is 1.33 bits per heavy atom. The molecular weight excluding hydrogens is 146 g/mol. The first kappa shape index (κ1) is 9.27. The van der Waals surface area contributed by atoms with Crippen LogP contribution in [-0.2, 0) is 6.54 Å². The quantitative estimate of drug-likeness (QED) is 0.656. The summed E-state index contributed by atoms with van der Waals surface area (Å²) in [7, 11) is 0. The predicted molar refractivity (Wildman–Crippen MR) is 51.9 cm³/mol. The molecule has 0 aliphatic heterocycles. The summed E-state index contributed by atoms with van der Waals surface area (Å²) < 4.78 is 0. The zero-order chi connectivity index (χ0) is 8.81. The van der Waals surface area contributed by atoms with Crippen LogP contribution in [0.15, 0.2) is 24.3 Å². The van der Waals surface area contributed by atoms with Crippen molar-refractivity contribution in [3.8, 4) is 0 Å². The summed E-state index contributed by atoms with van der Waals surface area (Å²) in [5, 5.41) is 0. The van der Waals surface area contributed by atoms with Gasteiger partial charge in [-0.05, 0) is 30.8 Å². The minimum absolute atomic E-state index is 1.05. The molecule has 0 saturated heterocycles. The van der Waals surface area contributed by atoms with Crippen LogP contribution in [-0.4, -0.2) is 18.0 Å². The number of hydrogen-bond acceptors (Lipinski definition) is 1. The SMILES string of the molecule is CCN(CC)Cc1c[c]ccc1. The normalized spacial score (nSPS) is 10.6. The second kappa shape index (κ2) is 4.94. The molecule has 0 aromatic heterocycles. The van der Waals surface area contributed by atoms with Gasteiger partial charge in [-0.1, -0.05) is 32.0 Å². The lowest BCUT2D eigenvalue weighted by Gasteiger charge is -2.17. The van der Waals surface area contributed by atoms with Crippen LogP contribution in [0.3, 0.4) is 0 Å². The van der Waals surface area contributed by atoms with Crippen LogP contribution in [0.25, 0.3) is 0 Å². The Hall–Kier alpha value is -0.820. The first-order valence-corrected chi connectivity index (χ1v) is 4.54. The van der Waals surface area contributed by atoms with Crippen LogP contribution in [0.4, 0.5) is 0 Å². The van der Waals surface area contributed by atoms with Crippen molar-refractivity contribution in [2.24, 2.45) is 0 Å². The van der Waals surface area contributed by atoms with Gasteiger partial charge >= 0.3 is 0 Å². The van der Waals surface area contributed by atoms with Crippen molar-refractivity contribution in [2.75, 3.05) is 13.1 Å². The summed E-state index contributed by atoms with van der Waals surface area (Å²) in [5.74, 6) is 0. The van der Waals surface area contributed by atoms with E-state index in [4.69, 9.17) is 0 Å². The number of nitrogens with zero attached hydrogens (tertiary/aromatic N) is 1. The van der Waals surface area contributed by atoms with E-state index in [-0.39, 0.29) is 0 Å². The van der Waals surface area contributed by atoms with Crippen LogP contribution >= 0.6 is 0 Å². The van der Waals surface area contributed by atoms with Gasteiger partial charge in [-0.2, -0.15) is 0 Å². The monoisotopic (exact) mass is 162 g/mol. The molecule has 65 valence electrons. The Labute approximate surface area is 75.0 Å². The van der Waals surface area contributed by atoms with Gasteiger partial charge in [0.25, 0.3) is 0 Å². The maximum Gasteiger partial charge on any atom is 0.0233 e. The smallest absolute Gasteiger partial charge is 0.0233 e. The van der Waals surface area contributed by atoms with E-state index in [0.717, 1.165) is 19.6 Å². The average molecular weight is 162 g/mol. The van der Waals surface area contributed by atoms with Crippen LogP contribution in [0, 0.1) is 6.07 Å². The van der Waals surface area contributed by atoms with Crippen LogP contribution in [0.1, 0.15) is 19.4 Å². The van der Waals surface area contributed by atoms with E-state index in [1.165, 1.54) is 5.56 Å². The molecule has 1 rings (SSSR count). The van der Waals surface area contributed by atoms with E-state index in [1.54, 1.807) is 0 Å². The van der Waals surface area contributed by atoms with E-state index in [9.17, 15) is 0 Å². The second-order valence-electron chi connectivity index (χ2n) is 2.87. The minimum Gasteiger partial charge on any atom is -0.300 e. The van der Waals surface area contributed by atoms with Crippen LogP contribution in [0.2, 0.25) is 0 Å². The van der Waals surface area contributed by atoms with Crippen LogP contribution < -0.4 is 0 Å². The maximum atomic E-state index is 3.09. The van der Waals surface area contributed by atoms with E-state index >= 15 is 0 Å². The Morgan fingerprint density at radius 2 is 2.08 bits per heavy atom. The lowest BCUT2D eigenvalue weighted by Crippen LogP contribution is -2.21. The molecule has 0 atom stereocenters. The molecule has 12 heavy (non-hydrogen) atoms. The first-order valence-electron chi connectivity index (χ1n) is 4.54. The molecule has 1 aromatic carbocycles. The summed E-state index contributed by atoms with van der Waals surface area (Å²) in [5.41, 5.74) is 1.35. The molecule has 1 aromatic rings. The van der Waals surface area contributed by atoms with Crippen molar-refractivity contribution >= 4 is 0 Å². The summed E-state index contributed by atoms with van der Waals surface area (Å²) in [6, 6.07) is 11.3. The highest BCUT2D eigenvalue weighted by Crippen LogP contribution is 2.02. The van der Waals surface area contributed by atoms with Gasteiger partial charge in [0.1, 0.15) is 0 Å². The zero-order valence-corrected chi connectivity index (χ0v) is 7.88. The number of rotatable bonds is 4. The average Bonchev–Trinajstić information content (AvgIpc) is 2.16. The molecule has 0 amide bonds. The van der Waals surface area contributed by atoms with E-state index < -0.39 is 0 Å². The van der Waals surface area contributed by atoms with Gasteiger partial charge in [0.2, 0.25) is 0 Å². The number of benzene rings is 1. The van der Waals surface area contributed by atoms with Crippen molar-refractivity contribution in [2.45, 2.75) is 20.4 Å². The molecular formula is C11H16N. The van der Waals surface area contributed by atoms with Crippen molar-refractivity contribution in [1.82, 2.24) is 4.90 Å². The molecule has 0 unspecified atom stereocenters. The van der Waals surface area contributed by atoms with Gasteiger partial charge < -0.3 is 0 Å². The van der Waals surface area contributed by atoms with E-state index in [0.29, 0.717) is 0 Å². The maximum absolute atomic E-state index is 3.09. The Kier molecular flexibility index (Phi) is 3.81. The Bertz CT molecular complexity index is 202. The lowest BCUT2D eigenvalue weighted by atomic mass is 10.2. The summed E-state index contributed by atoms with van der Waals surface area (Å²) in [6.45, 7) is 7.66. The molecule has 1 nitrogen and oxygen atoms in total. The van der Waals surface area contributed by atoms with Crippen molar-refractivity contribution < 1.29 is 0 Å². The molecule has 0 saturated carbocycles. The standard InChI is InChI=1S/C11H16N/c1-3-12(4-2)10-11-8-6-5-7-9-11/h5-6,8-9H,3-4,10H2,1-2H3. The lowest BCUT2D eigenvalue weighted by molar-refractivity contribution is 0.296. The fourth-order valence-corrected chi connectivity index (χ4v) is 1.23. The summed E-state index contributed by atoms with van der Waals surface area (Å²) in [4.78, 5) is 2.39. The molecule has 0 bridgehead atoms. The number of hydrogen-bond donors (Lipinski definition) is 0. The molecule has 0 spiro atoms. The highest BCUT2D eigenvalue weighted by atomic mass is 15.1. The van der Waals surface area contributed by atoms with Crippen molar-refractivity contribution in [3.05, 3.63) is 35.9 Å².